The molecule has 2 N–H and O–H groups in total. The van der Waals surface area contributed by atoms with E-state index in [9.17, 15) is 9.59 Å². The van der Waals surface area contributed by atoms with Crippen molar-refractivity contribution >= 4 is 34.8 Å². The van der Waals surface area contributed by atoms with E-state index in [1.807, 2.05) is 23.6 Å². The number of carboxylic acids is 1. The van der Waals surface area contributed by atoms with E-state index in [0.29, 0.717) is 11.6 Å². The van der Waals surface area contributed by atoms with Crippen molar-refractivity contribution in [1.29, 1.82) is 0 Å². The van der Waals surface area contributed by atoms with Crippen LogP contribution in [-0.4, -0.2) is 27.5 Å². The maximum Gasteiger partial charge on any atom is 0.328 e. The predicted octanol–water partition coefficient (Wildman–Crippen LogP) is 3.86. The second kappa shape index (κ2) is 6.77. The SMILES string of the molecule is CC(C)(NC(=O)Cc1csc(-c2ccc(Cl)cc2C2CC2)n1)C(=O)O. The third kappa shape index (κ3) is 4.19. The fraction of sp³-hybridized carbons (Fsp3) is 0.389. The molecule has 1 amide bonds. The van der Waals surface area contributed by atoms with Gasteiger partial charge in [0.05, 0.1) is 12.1 Å². The highest BCUT2D eigenvalue weighted by Gasteiger charge is 2.30. The average molecular weight is 379 g/mol. The molecular weight excluding hydrogens is 360 g/mol. The molecule has 1 aromatic heterocycles. The van der Waals surface area contributed by atoms with Crippen molar-refractivity contribution in [3.8, 4) is 10.6 Å². The van der Waals surface area contributed by atoms with E-state index in [4.69, 9.17) is 16.7 Å². The summed E-state index contributed by atoms with van der Waals surface area (Å²) in [7, 11) is 0. The molecule has 1 aliphatic carbocycles. The molecule has 1 aliphatic rings. The summed E-state index contributed by atoms with van der Waals surface area (Å²) in [6, 6.07) is 5.83. The Morgan fingerprint density at radius 1 is 1.40 bits per heavy atom. The van der Waals surface area contributed by atoms with Gasteiger partial charge in [0.25, 0.3) is 0 Å². The van der Waals surface area contributed by atoms with Crippen LogP contribution in [0.2, 0.25) is 5.02 Å². The van der Waals surface area contributed by atoms with Crippen molar-refractivity contribution < 1.29 is 14.7 Å². The first kappa shape index (κ1) is 17.9. The van der Waals surface area contributed by atoms with Crippen LogP contribution in [0.3, 0.4) is 0 Å². The number of carbonyl (C=O) groups is 2. The Kier molecular flexibility index (Phi) is 4.84. The van der Waals surface area contributed by atoms with Crippen LogP contribution < -0.4 is 5.32 Å². The van der Waals surface area contributed by atoms with Gasteiger partial charge in [-0.2, -0.15) is 0 Å². The summed E-state index contributed by atoms with van der Waals surface area (Å²) in [6.45, 7) is 2.91. The van der Waals surface area contributed by atoms with Gasteiger partial charge in [-0.05, 0) is 50.3 Å². The summed E-state index contributed by atoms with van der Waals surface area (Å²) in [4.78, 5) is 27.7. The number of benzene rings is 1. The number of halogens is 1. The fourth-order valence-corrected chi connectivity index (χ4v) is 3.63. The molecule has 0 radical (unpaired) electrons. The van der Waals surface area contributed by atoms with E-state index in [1.165, 1.54) is 30.7 Å². The Balaban J connectivity index is 1.75. The minimum absolute atomic E-state index is 0.0551. The lowest BCUT2D eigenvalue weighted by Gasteiger charge is -2.20. The standard InChI is InChI=1S/C18H19ClN2O3S/c1-18(2,17(23)24)21-15(22)8-12-9-25-16(20-12)13-6-5-11(19)7-14(13)10-3-4-10/h5-7,9-10H,3-4,8H2,1-2H3,(H,21,22)(H,23,24). The van der Waals surface area contributed by atoms with Crippen LogP contribution >= 0.6 is 22.9 Å². The molecule has 0 unspecified atom stereocenters. The van der Waals surface area contributed by atoms with Crippen LogP contribution in [0.15, 0.2) is 23.6 Å². The molecule has 1 fully saturated rings. The van der Waals surface area contributed by atoms with Crippen molar-refractivity contribution in [1.82, 2.24) is 10.3 Å². The van der Waals surface area contributed by atoms with Crippen molar-refractivity contribution in [3.63, 3.8) is 0 Å². The molecule has 1 saturated carbocycles. The first-order chi connectivity index (χ1) is 11.8. The van der Waals surface area contributed by atoms with Crippen LogP contribution in [0.4, 0.5) is 0 Å². The normalized spacial score (nSPS) is 14.4. The molecule has 0 saturated heterocycles. The average Bonchev–Trinajstić information content (AvgIpc) is 3.27. The van der Waals surface area contributed by atoms with Crippen LogP contribution in [0.5, 0.6) is 0 Å². The summed E-state index contributed by atoms with van der Waals surface area (Å²) < 4.78 is 0. The summed E-state index contributed by atoms with van der Waals surface area (Å²) in [5, 5.41) is 15.0. The van der Waals surface area contributed by atoms with Gasteiger partial charge in [-0.1, -0.05) is 17.7 Å². The molecule has 1 aromatic carbocycles. The van der Waals surface area contributed by atoms with Gasteiger partial charge in [-0.3, -0.25) is 4.79 Å². The van der Waals surface area contributed by atoms with Gasteiger partial charge in [-0.15, -0.1) is 11.3 Å². The van der Waals surface area contributed by atoms with Crippen LogP contribution in [0.1, 0.15) is 43.9 Å². The number of aromatic nitrogens is 1. The van der Waals surface area contributed by atoms with E-state index >= 15 is 0 Å². The number of carboxylic acid groups (broad SMARTS) is 1. The van der Waals surface area contributed by atoms with Crippen molar-refractivity contribution in [3.05, 3.63) is 39.9 Å². The van der Waals surface area contributed by atoms with Crippen molar-refractivity contribution in [2.75, 3.05) is 0 Å². The molecular formula is C18H19ClN2O3S. The second-order valence-corrected chi connectivity index (χ2v) is 8.10. The Bertz CT molecular complexity index is 827. The van der Waals surface area contributed by atoms with Crippen molar-refractivity contribution in [2.45, 2.75) is 44.6 Å². The van der Waals surface area contributed by atoms with Gasteiger partial charge < -0.3 is 10.4 Å². The minimum Gasteiger partial charge on any atom is -0.480 e. The highest BCUT2D eigenvalue weighted by molar-refractivity contribution is 7.13. The number of nitrogens with zero attached hydrogens (tertiary/aromatic N) is 1. The summed E-state index contributed by atoms with van der Waals surface area (Å²) in [5.41, 5.74) is 1.61. The van der Waals surface area contributed by atoms with E-state index < -0.39 is 11.5 Å². The molecule has 1 heterocycles. The highest BCUT2D eigenvalue weighted by atomic mass is 35.5. The monoisotopic (exact) mass is 378 g/mol. The number of thiazole rings is 1. The number of amides is 1. The summed E-state index contributed by atoms with van der Waals surface area (Å²) in [6.07, 6.45) is 2.38. The van der Waals surface area contributed by atoms with Gasteiger partial charge >= 0.3 is 5.97 Å². The lowest BCUT2D eigenvalue weighted by molar-refractivity contribution is -0.145. The lowest BCUT2D eigenvalue weighted by atomic mass is 10.0. The molecule has 0 bridgehead atoms. The third-order valence-electron chi connectivity index (χ3n) is 4.14. The molecule has 25 heavy (non-hydrogen) atoms. The third-order valence-corrected chi connectivity index (χ3v) is 5.30. The Hall–Kier alpha value is -1.92. The molecule has 0 aliphatic heterocycles. The van der Waals surface area contributed by atoms with Gasteiger partial charge in [0, 0.05) is 16.0 Å². The first-order valence-electron chi connectivity index (χ1n) is 8.05. The maximum atomic E-state index is 12.1. The molecule has 5 nitrogen and oxygen atoms in total. The molecule has 7 heteroatoms. The summed E-state index contributed by atoms with van der Waals surface area (Å²) >= 11 is 7.60. The quantitative estimate of drug-likeness (QED) is 0.799. The van der Waals surface area contributed by atoms with E-state index in [0.717, 1.165) is 28.4 Å². The van der Waals surface area contributed by atoms with Crippen LogP contribution in [0, 0.1) is 0 Å². The Morgan fingerprint density at radius 3 is 2.76 bits per heavy atom. The lowest BCUT2D eigenvalue weighted by Crippen LogP contribution is -2.50. The fourth-order valence-electron chi connectivity index (χ4n) is 2.58. The van der Waals surface area contributed by atoms with E-state index in [1.54, 1.807) is 0 Å². The minimum atomic E-state index is -1.30. The summed E-state index contributed by atoms with van der Waals surface area (Å²) in [5.74, 6) is -0.890. The maximum absolute atomic E-state index is 12.1. The number of hydrogen-bond donors (Lipinski definition) is 2. The zero-order valence-electron chi connectivity index (χ0n) is 14.0. The van der Waals surface area contributed by atoms with E-state index in [2.05, 4.69) is 10.3 Å². The Labute approximate surface area is 155 Å². The van der Waals surface area contributed by atoms with Crippen molar-refractivity contribution in [2.24, 2.45) is 0 Å². The molecule has 0 spiro atoms. The number of hydrogen-bond acceptors (Lipinski definition) is 4. The second-order valence-electron chi connectivity index (χ2n) is 6.80. The molecule has 3 rings (SSSR count). The van der Waals surface area contributed by atoms with Gasteiger partial charge in [0.15, 0.2) is 0 Å². The molecule has 0 atom stereocenters. The zero-order valence-corrected chi connectivity index (χ0v) is 15.6. The predicted molar refractivity (Wildman–Crippen MR) is 98.1 cm³/mol. The number of carbonyl (C=O) groups excluding carboxylic acids is 1. The topological polar surface area (TPSA) is 79.3 Å². The smallest absolute Gasteiger partial charge is 0.328 e. The molecule has 132 valence electrons. The van der Waals surface area contributed by atoms with Crippen LogP contribution in [-0.2, 0) is 16.0 Å². The zero-order chi connectivity index (χ0) is 18.2. The van der Waals surface area contributed by atoms with Gasteiger partial charge in [0.1, 0.15) is 10.5 Å². The number of nitrogens with one attached hydrogen (secondary N) is 1. The van der Waals surface area contributed by atoms with Gasteiger partial charge in [0.2, 0.25) is 5.91 Å². The van der Waals surface area contributed by atoms with E-state index in [-0.39, 0.29) is 12.3 Å². The van der Waals surface area contributed by atoms with Crippen LogP contribution in [0.25, 0.3) is 10.6 Å². The molecule has 2 aromatic rings. The number of rotatable bonds is 6. The Morgan fingerprint density at radius 2 is 2.12 bits per heavy atom. The largest absolute Gasteiger partial charge is 0.480 e. The van der Waals surface area contributed by atoms with Gasteiger partial charge in [-0.25, -0.2) is 9.78 Å². The highest BCUT2D eigenvalue weighted by Crippen LogP contribution is 2.45. The number of aliphatic carboxylic acids is 1. The first-order valence-corrected chi connectivity index (χ1v) is 9.30.